The zero-order chi connectivity index (χ0) is 30.1. The number of hydrogen-bond acceptors (Lipinski definition) is 4. The number of alkyl halides is 3. The van der Waals surface area contributed by atoms with Gasteiger partial charge >= 0.3 is 6.18 Å². The van der Waals surface area contributed by atoms with Gasteiger partial charge in [-0.3, -0.25) is 9.59 Å². The van der Waals surface area contributed by atoms with Crippen LogP contribution < -0.4 is 16.1 Å². The fourth-order valence-corrected chi connectivity index (χ4v) is 4.93. The van der Waals surface area contributed by atoms with E-state index in [1.165, 1.54) is 12.3 Å². The van der Waals surface area contributed by atoms with Gasteiger partial charge in [0.1, 0.15) is 17.4 Å². The van der Waals surface area contributed by atoms with Crippen molar-refractivity contribution in [1.29, 1.82) is 0 Å². The first kappa shape index (κ1) is 31.0. The molecule has 0 saturated heterocycles. The molecule has 7 nitrogen and oxygen atoms in total. The Morgan fingerprint density at radius 1 is 0.955 bits per heavy atom. The molecular weight excluding hydrogens is 646 g/mol. The smallest absolute Gasteiger partial charge is 0.416 e. The monoisotopic (exact) mass is 669 g/mol. The SMILES string of the molecule is Nc1ccc2c([c-]cn2-c2cccc(C(F)(F)F)c2)c1.O=C(c1coc2ccccc2c1=O)N1CC[N-]c2ccccc21.[Y]. The Morgan fingerprint density at radius 2 is 1.73 bits per heavy atom. The van der Waals surface area contributed by atoms with E-state index in [2.05, 4.69) is 11.4 Å². The van der Waals surface area contributed by atoms with E-state index in [1.54, 1.807) is 64.2 Å². The van der Waals surface area contributed by atoms with E-state index in [0.29, 0.717) is 35.4 Å². The third-order valence-corrected chi connectivity index (χ3v) is 7.01. The molecule has 2 aromatic heterocycles. The molecule has 0 unspecified atom stereocenters. The topological polar surface area (TPSA) is 95.6 Å². The second-order valence-electron chi connectivity index (χ2n) is 9.77. The van der Waals surface area contributed by atoms with Crippen molar-refractivity contribution in [3.63, 3.8) is 0 Å². The molecule has 0 fully saturated rings. The molecule has 0 spiro atoms. The van der Waals surface area contributed by atoms with Crippen LogP contribution in [0.4, 0.5) is 30.2 Å². The second kappa shape index (κ2) is 12.7. The quantitative estimate of drug-likeness (QED) is 0.153. The molecule has 0 aliphatic carbocycles. The first-order valence-electron chi connectivity index (χ1n) is 13.3. The molecule has 6 aromatic rings. The van der Waals surface area contributed by atoms with Gasteiger partial charge in [0, 0.05) is 50.6 Å². The molecule has 7 rings (SSSR count). The van der Waals surface area contributed by atoms with Crippen molar-refractivity contribution in [2.75, 3.05) is 23.7 Å². The molecule has 1 radical (unpaired) electrons. The first-order valence-corrected chi connectivity index (χ1v) is 13.3. The van der Waals surface area contributed by atoms with Crippen LogP contribution in [0.1, 0.15) is 15.9 Å². The van der Waals surface area contributed by atoms with Crippen LogP contribution in [0.15, 0.2) is 113 Å². The predicted molar refractivity (Wildman–Crippen MR) is 160 cm³/mol. The Balaban J connectivity index is 0.000000172. The van der Waals surface area contributed by atoms with Crippen molar-refractivity contribution in [3.8, 4) is 5.69 Å². The largest absolute Gasteiger partial charge is 0.681 e. The second-order valence-corrected chi connectivity index (χ2v) is 9.77. The third-order valence-electron chi connectivity index (χ3n) is 7.01. The van der Waals surface area contributed by atoms with Gasteiger partial charge in [0.15, 0.2) is 0 Å². The van der Waals surface area contributed by atoms with Crippen LogP contribution in [0.2, 0.25) is 0 Å². The number of nitrogens with zero attached hydrogens (tertiary/aromatic N) is 3. The average Bonchev–Trinajstić information content (AvgIpc) is 3.44. The molecule has 0 atom stereocenters. The van der Waals surface area contributed by atoms with Gasteiger partial charge in [-0.15, -0.1) is 18.3 Å². The van der Waals surface area contributed by atoms with Crippen molar-refractivity contribution in [2.45, 2.75) is 6.18 Å². The number of fused-ring (bicyclic) bond motifs is 3. The van der Waals surface area contributed by atoms with Crippen LogP contribution in [0, 0.1) is 6.07 Å². The van der Waals surface area contributed by atoms with Crippen molar-refractivity contribution < 1.29 is 55.1 Å². The summed E-state index contributed by atoms with van der Waals surface area (Å²) < 4.78 is 45.3. The molecule has 11 heteroatoms. The molecule has 3 heterocycles. The van der Waals surface area contributed by atoms with E-state index in [4.69, 9.17) is 10.2 Å². The minimum Gasteiger partial charge on any atom is -0.681 e. The van der Waals surface area contributed by atoms with Gasteiger partial charge in [0.2, 0.25) is 5.43 Å². The summed E-state index contributed by atoms with van der Waals surface area (Å²) in [5, 5.41) is 5.57. The Labute approximate surface area is 275 Å². The van der Waals surface area contributed by atoms with Gasteiger partial charge in [0.05, 0.1) is 10.9 Å². The molecule has 44 heavy (non-hydrogen) atoms. The average molecular weight is 669 g/mol. The zero-order valence-corrected chi connectivity index (χ0v) is 25.9. The molecule has 0 saturated carbocycles. The fraction of sp³-hybridized carbons (Fsp3) is 0.0909. The van der Waals surface area contributed by atoms with Gasteiger partial charge < -0.3 is 24.9 Å². The van der Waals surface area contributed by atoms with Crippen molar-refractivity contribution in [3.05, 3.63) is 136 Å². The van der Waals surface area contributed by atoms with Crippen molar-refractivity contribution in [2.24, 2.45) is 0 Å². The molecule has 2 N–H and O–H groups in total. The van der Waals surface area contributed by atoms with Crippen molar-refractivity contribution in [1.82, 2.24) is 4.57 Å². The van der Waals surface area contributed by atoms with E-state index < -0.39 is 11.7 Å². The molecule has 4 aromatic carbocycles. The summed E-state index contributed by atoms with van der Waals surface area (Å²) in [6, 6.07) is 27.7. The number of rotatable bonds is 2. The minimum atomic E-state index is -4.35. The number of nitrogens with two attached hydrogens (primary N) is 1. The normalized spacial score (nSPS) is 12.5. The number of halogens is 3. The van der Waals surface area contributed by atoms with Gasteiger partial charge in [0.25, 0.3) is 5.91 Å². The predicted octanol–water partition coefficient (Wildman–Crippen LogP) is 7.49. The Bertz CT molecular complexity index is 2040. The molecule has 0 bridgehead atoms. The van der Waals surface area contributed by atoms with E-state index in [1.807, 2.05) is 24.3 Å². The maximum absolute atomic E-state index is 12.9. The van der Waals surface area contributed by atoms with Crippen LogP contribution in [0.25, 0.3) is 32.9 Å². The number of para-hydroxylation sites is 3. The summed E-state index contributed by atoms with van der Waals surface area (Å²) >= 11 is 0. The van der Waals surface area contributed by atoms with Crippen LogP contribution in [0.5, 0.6) is 0 Å². The van der Waals surface area contributed by atoms with Crippen LogP contribution in [-0.2, 0) is 38.9 Å². The first-order chi connectivity index (χ1) is 20.7. The standard InChI is InChI=1S/C18H13N2O3.C15H10F3N2.Y/c21-17-12-5-1-4-8-16(12)23-11-13(17)18(22)20-10-9-19-14-6-2-3-7-15(14)20;16-15(17,18)11-2-1-3-13(9-11)20-7-6-10-8-12(19)4-5-14(10)20;/h1-8,11H,9-10H2;1-5,7-9H,19H2;/q2*-1;. The Hall–Kier alpha value is -4.41. The molecular formula is C33H23F3N4O3Y-2. The van der Waals surface area contributed by atoms with Gasteiger partial charge in [-0.2, -0.15) is 24.6 Å². The van der Waals surface area contributed by atoms with E-state index in [9.17, 15) is 22.8 Å². The summed E-state index contributed by atoms with van der Waals surface area (Å²) in [5.74, 6) is -0.355. The molecule has 1 aliphatic heterocycles. The Morgan fingerprint density at radius 3 is 2.55 bits per heavy atom. The number of carbonyl (C=O) groups excluding carboxylic acids is 1. The fourth-order valence-electron chi connectivity index (χ4n) is 4.93. The molecule has 219 valence electrons. The van der Waals surface area contributed by atoms with E-state index >= 15 is 0 Å². The number of anilines is 2. The van der Waals surface area contributed by atoms with Crippen LogP contribution in [0.3, 0.4) is 0 Å². The van der Waals surface area contributed by atoms with Crippen LogP contribution in [-0.4, -0.2) is 23.6 Å². The number of benzene rings is 4. The van der Waals surface area contributed by atoms with Gasteiger partial charge in [-0.1, -0.05) is 60.2 Å². The summed E-state index contributed by atoms with van der Waals surface area (Å²) in [6.45, 7) is 0.962. The Kier molecular flexibility index (Phi) is 8.94. The van der Waals surface area contributed by atoms with Crippen LogP contribution >= 0.6 is 0 Å². The third kappa shape index (κ3) is 6.13. The van der Waals surface area contributed by atoms with E-state index in [0.717, 1.165) is 34.4 Å². The van der Waals surface area contributed by atoms with E-state index in [-0.39, 0.29) is 49.6 Å². The summed E-state index contributed by atoms with van der Waals surface area (Å²) in [6.07, 6.45) is -1.49. The maximum Gasteiger partial charge on any atom is 0.416 e. The summed E-state index contributed by atoms with van der Waals surface area (Å²) in [5.41, 5.74) is 8.49. The van der Waals surface area contributed by atoms with Gasteiger partial charge in [-0.05, 0) is 42.1 Å². The number of amides is 1. The van der Waals surface area contributed by atoms with Crippen molar-refractivity contribution >= 4 is 44.8 Å². The molecule has 1 aliphatic rings. The zero-order valence-electron chi connectivity index (χ0n) is 23.1. The summed E-state index contributed by atoms with van der Waals surface area (Å²) in [7, 11) is 0. The number of nitrogen functional groups attached to an aromatic ring is 1. The molecule has 1 amide bonds. The minimum absolute atomic E-state index is 0. The maximum atomic E-state index is 12.9. The van der Waals surface area contributed by atoms with Gasteiger partial charge in [-0.25, -0.2) is 0 Å². The number of hydrogen-bond donors (Lipinski definition) is 1. The number of aromatic nitrogens is 1. The number of carbonyl (C=O) groups is 1. The summed E-state index contributed by atoms with van der Waals surface area (Å²) in [4.78, 5) is 27.0.